The Hall–Kier alpha value is -2.22. The van der Waals surface area contributed by atoms with Crippen molar-refractivity contribution >= 4 is 21.6 Å². The van der Waals surface area contributed by atoms with Gasteiger partial charge in [-0.15, -0.1) is 0 Å². The molecule has 0 amide bonds. The summed E-state index contributed by atoms with van der Waals surface area (Å²) in [5, 5.41) is 0.825. The first-order valence-corrected chi connectivity index (χ1v) is 11.4. The van der Waals surface area contributed by atoms with Gasteiger partial charge in [0, 0.05) is 55.1 Å². The minimum atomic E-state index is -3.59. The SMILES string of the molecule is Cn1cnc(S(=O)(=O)N2CCCC(c3cccc(Cc4ccccc4Cl)n3)C2)c1. The number of halogens is 1. The van der Waals surface area contributed by atoms with Gasteiger partial charge in [0.2, 0.25) is 0 Å². The van der Waals surface area contributed by atoms with Crippen LogP contribution in [-0.4, -0.2) is 40.3 Å². The van der Waals surface area contributed by atoms with Gasteiger partial charge in [0.05, 0.1) is 6.33 Å². The van der Waals surface area contributed by atoms with Crippen molar-refractivity contribution in [2.45, 2.75) is 30.2 Å². The summed E-state index contributed by atoms with van der Waals surface area (Å²) < 4.78 is 29.1. The summed E-state index contributed by atoms with van der Waals surface area (Å²) in [4.78, 5) is 8.86. The van der Waals surface area contributed by atoms with Crippen LogP contribution in [-0.2, 0) is 23.5 Å². The molecule has 2 aromatic heterocycles. The van der Waals surface area contributed by atoms with Gasteiger partial charge in [0.15, 0.2) is 5.03 Å². The highest BCUT2D eigenvalue weighted by Crippen LogP contribution is 2.29. The Labute approximate surface area is 176 Å². The zero-order valence-electron chi connectivity index (χ0n) is 16.2. The molecule has 1 aliphatic rings. The van der Waals surface area contributed by atoms with Crippen molar-refractivity contribution in [1.82, 2.24) is 18.8 Å². The van der Waals surface area contributed by atoms with Crippen molar-refractivity contribution in [2.24, 2.45) is 7.05 Å². The van der Waals surface area contributed by atoms with E-state index in [4.69, 9.17) is 16.6 Å². The molecule has 3 aromatic rings. The zero-order valence-corrected chi connectivity index (χ0v) is 17.8. The summed E-state index contributed by atoms with van der Waals surface area (Å²) in [6.45, 7) is 0.927. The second kappa shape index (κ2) is 8.26. The normalized spacial score (nSPS) is 18.1. The second-order valence-corrected chi connectivity index (χ2v) is 9.69. The Kier molecular flexibility index (Phi) is 5.72. The van der Waals surface area contributed by atoms with E-state index in [-0.39, 0.29) is 10.9 Å². The van der Waals surface area contributed by atoms with Crippen molar-refractivity contribution in [3.05, 3.63) is 77.0 Å². The molecule has 1 unspecified atom stereocenters. The van der Waals surface area contributed by atoms with E-state index in [0.29, 0.717) is 19.5 Å². The number of nitrogens with zero attached hydrogens (tertiary/aromatic N) is 4. The van der Waals surface area contributed by atoms with Crippen molar-refractivity contribution in [3.8, 4) is 0 Å². The number of benzene rings is 1. The zero-order chi connectivity index (χ0) is 20.4. The number of aryl methyl sites for hydroxylation is 1. The van der Waals surface area contributed by atoms with E-state index in [1.54, 1.807) is 17.8 Å². The highest BCUT2D eigenvalue weighted by molar-refractivity contribution is 7.89. The average molecular weight is 431 g/mol. The summed E-state index contributed by atoms with van der Waals surface area (Å²) in [6.07, 6.45) is 5.41. The molecule has 0 aliphatic carbocycles. The van der Waals surface area contributed by atoms with Gasteiger partial charge in [0.25, 0.3) is 10.0 Å². The molecule has 8 heteroatoms. The van der Waals surface area contributed by atoms with Crippen LogP contribution in [0.2, 0.25) is 5.02 Å². The number of sulfonamides is 1. The van der Waals surface area contributed by atoms with Crippen LogP contribution in [0.1, 0.15) is 35.7 Å². The van der Waals surface area contributed by atoms with Crippen LogP contribution in [0.25, 0.3) is 0 Å². The van der Waals surface area contributed by atoms with E-state index in [0.717, 1.165) is 34.8 Å². The van der Waals surface area contributed by atoms with Gasteiger partial charge in [-0.3, -0.25) is 4.98 Å². The van der Waals surface area contributed by atoms with Crippen molar-refractivity contribution in [3.63, 3.8) is 0 Å². The molecule has 3 heterocycles. The molecule has 1 atom stereocenters. The lowest BCUT2D eigenvalue weighted by Gasteiger charge is -2.31. The predicted molar refractivity (Wildman–Crippen MR) is 112 cm³/mol. The molecule has 29 heavy (non-hydrogen) atoms. The maximum absolute atomic E-state index is 12.9. The Balaban J connectivity index is 1.53. The Morgan fingerprint density at radius 1 is 1.17 bits per heavy atom. The lowest BCUT2D eigenvalue weighted by atomic mass is 9.95. The largest absolute Gasteiger partial charge is 0.339 e. The molecular formula is C21H23ClN4O2S. The molecule has 0 saturated carbocycles. The summed E-state index contributed by atoms with van der Waals surface area (Å²) in [5.41, 5.74) is 2.89. The number of hydrogen-bond acceptors (Lipinski definition) is 4. The standard InChI is InChI=1S/C21H23ClN4O2S/c1-25-14-21(23-15-25)29(27,28)26-11-5-7-17(13-26)20-10-4-8-18(24-20)12-16-6-2-3-9-19(16)22/h2-4,6,8-10,14-15,17H,5,7,11-13H2,1H3. The third-order valence-electron chi connectivity index (χ3n) is 5.25. The molecule has 1 aromatic carbocycles. The van der Waals surface area contributed by atoms with Gasteiger partial charge in [-0.1, -0.05) is 35.9 Å². The number of rotatable bonds is 5. The molecule has 0 radical (unpaired) electrons. The number of aromatic nitrogens is 3. The minimum absolute atomic E-state index is 0.0634. The van der Waals surface area contributed by atoms with E-state index in [1.807, 2.05) is 42.5 Å². The molecule has 0 N–H and O–H groups in total. The van der Waals surface area contributed by atoms with E-state index >= 15 is 0 Å². The topological polar surface area (TPSA) is 68.1 Å². The summed E-state index contributed by atoms with van der Waals surface area (Å²) in [7, 11) is -1.83. The van der Waals surface area contributed by atoms with E-state index in [9.17, 15) is 8.42 Å². The van der Waals surface area contributed by atoms with E-state index < -0.39 is 10.0 Å². The van der Waals surface area contributed by atoms with Crippen LogP contribution >= 0.6 is 11.6 Å². The van der Waals surface area contributed by atoms with Gasteiger partial charge in [0.1, 0.15) is 0 Å². The van der Waals surface area contributed by atoms with Crippen LogP contribution in [0.3, 0.4) is 0 Å². The summed E-state index contributed by atoms with van der Waals surface area (Å²) in [5.74, 6) is 0.0634. The van der Waals surface area contributed by atoms with Crippen LogP contribution in [0.4, 0.5) is 0 Å². The van der Waals surface area contributed by atoms with Crippen LogP contribution in [0.5, 0.6) is 0 Å². The fourth-order valence-electron chi connectivity index (χ4n) is 3.72. The smallest absolute Gasteiger partial charge is 0.262 e. The fourth-order valence-corrected chi connectivity index (χ4v) is 5.41. The van der Waals surface area contributed by atoms with Crippen LogP contribution in [0.15, 0.2) is 60.0 Å². The minimum Gasteiger partial charge on any atom is -0.339 e. The van der Waals surface area contributed by atoms with Crippen molar-refractivity contribution in [2.75, 3.05) is 13.1 Å². The monoisotopic (exact) mass is 430 g/mol. The lowest BCUT2D eigenvalue weighted by molar-refractivity contribution is 0.311. The third kappa shape index (κ3) is 4.37. The van der Waals surface area contributed by atoms with Crippen molar-refractivity contribution < 1.29 is 8.42 Å². The highest BCUT2D eigenvalue weighted by atomic mass is 35.5. The molecule has 1 aliphatic heterocycles. The first-order valence-electron chi connectivity index (χ1n) is 9.61. The molecule has 1 saturated heterocycles. The predicted octanol–water partition coefficient (Wildman–Crippen LogP) is 3.63. The van der Waals surface area contributed by atoms with Gasteiger partial charge in [-0.25, -0.2) is 13.4 Å². The number of piperidine rings is 1. The fraction of sp³-hybridized carbons (Fsp3) is 0.333. The first-order chi connectivity index (χ1) is 13.9. The van der Waals surface area contributed by atoms with Gasteiger partial charge < -0.3 is 4.57 Å². The summed E-state index contributed by atoms with van der Waals surface area (Å²) >= 11 is 6.28. The lowest BCUT2D eigenvalue weighted by Crippen LogP contribution is -2.39. The van der Waals surface area contributed by atoms with Crippen molar-refractivity contribution in [1.29, 1.82) is 0 Å². The average Bonchev–Trinajstić information content (AvgIpc) is 3.17. The first kappa shape index (κ1) is 20.1. The molecule has 4 rings (SSSR count). The number of imidazole rings is 1. The quantitative estimate of drug-likeness (QED) is 0.619. The Morgan fingerprint density at radius 2 is 2.00 bits per heavy atom. The van der Waals surface area contributed by atoms with E-state index in [1.165, 1.54) is 10.6 Å². The molecule has 1 fully saturated rings. The second-order valence-electron chi connectivity index (χ2n) is 7.40. The van der Waals surface area contributed by atoms with Gasteiger partial charge >= 0.3 is 0 Å². The molecule has 152 valence electrons. The Morgan fingerprint density at radius 3 is 2.76 bits per heavy atom. The molecule has 0 spiro atoms. The van der Waals surface area contributed by atoms with E-state index in [2.05, 4.69) is 4.98 Å². The molecule has 6 nitrogen and oxygen atoms in total. The van der Waals surface area contributed by atoms with Gasteiger partial charge in [-0.2, -0.15) is 4.31 Å². The van der Waals surface area contributed by atoms with Gasteiger partial charge in [-0.05, 0) is 36.6 Å². The maximum atomic E-state index is 12.9. The Bertz CT molecular complexity index is 1110. The highest BCUT2D eigenvalue weighted by Gasteiger charge is 2.32. The summed E-state index contributed by atoms with van der Waals surface area (Å²) in [6, 6.07) is 13.7. The molecule has 0 bridgehead atoms. The van der Waals surface area contributed by atoms with Crippen LogP contribution in [0, 0.1) is 0 Å². The number of pyridine rings is 1. The maximum Gasteiger partial charge on any atom is 0.262 e. The van der Waals surface area contributed by atoms with Crippen LogP contribution < -0.4 is 0 Å². The third-order valence-corrected chi connectivity index (χ3v) is 7.37. The molecular weight excluding hydrogens is 408 g/mol. The number of hydrogen-bond donors (Lipinski definition) is 0.